The predicted molar refractivity (Wildman–Crippen MR) is 61.3 cm³/mol. The van der Waals surface area contributed by atoms with Crippen molar-refractivity contribution in [1.82, 2.24) is 0 Å². The van der Waals surface area contributed by atoms with E-state index in [1.807, 2.05) is 0 Å². The molecule has 1 heteroatoms. The van der Waals surface area contributed by atoms with E-state index in [0.717, 1.165) is 5.92 Å². The molecule has 0 bridgehead atoms. The van der Waals surface area contributed by atoms with Crippen molar-refractivity contribution in [2.75, 3.05) is 0 Å². The molecule has 0 atom stereocenters. The van der Waals surface area contributed by atoms with Crippen LogP contribution in [0.1, 0.15) is 33.3 Å². The summed E-state index contributed by atoms with van der Waals surface area (Å²) in [6.07, 6.45) is 1.20. The molecule has 1 rings (SSSR count). The first-order chi connectivity index (χ1) is 6.52. The van der Waals surface area contributed by atoms with Crippen LogP contribution in [-0.2, 0) is 11.2 Å². The second-order valence-corrected chi connectivity index (χ2v) is 3.99. The molecule has 0 unspecified atom stereocenters. The first-order valence-electron chi connectivity index (χ1n) is 5.03. The number of ketones is 1. The molecule has 0 aliphatic rings. The summed E-state index contributed by atoms with van der Waals surface area (Å²) < 4.78 is 0. The molecule has 78 valence electrons. The normalized spacial score (nSPS) is 9.21. The first kappa shape index (κ1) is 12.9. The highest BCUT2D eigenvalue weighted by Gasteiger charge is 1.94. The van der Waals surface area contributed by atoms with Crippen LogP contribution < -0.4 is 0 Å². The zero-order valence-corrected chi connectivity index (χ0v) is 9.58. The van der Waals surface area contributed by atoms with Gasteiger partial charge >= 0.3 is 0 Å². The molecule has 0 spiro atoms. The van der Waals surface area contributed by atoms with Gasteiger partial charge in [-0.25, -0.2) is 0 Å². The van der Waals surface area contributed by atoms with E-state index in [1.165, 1.54) is 25.8 Å². The lowest BCUT2D eigenvalue weighted by Gasteiger charge is -2.02. The summed E-state index contributed by atoms with van der Waals surface area (Å²) in [6, 6.07) is 10.6. The van der Waals surface area contributed by atoms with E-state index in [0.29, 0.717) is 0 Å². The maximum atomic E-state index is 9.44. The third-order valence-electron chi connectivity index (χ3n) is 1.49. The Balaban J connectivity index is 0.000000364. The Labute approximate surface area is 87.2 Å². The van der Waals surface area contributed by atoms with Gasteiger partial charge in [0.05, 0.1) is 0 Å². The number of carbonyl (C=O) groups excluding carboxylic acids is 1. The summed E-state index contributed by atoms with van der Waals surface area (Å²) in [5.74, 6) is 0.933. The lowest BCUT2D eigenvalue weighted by atomic mass is 10.0. The van der Waals surface area contributed by atoms with Gasteiger partial charge in [0.2, 0.25) is 0 Å². The average Bonchev–Trinajstić information content (AvgIpc) is 2.03. The third kappa shape index (κ3) is 8.98. The zero-order valence-electron chi connectivity index (χ0n) is 9.58. The largest absolute Gasteiger partial charge is 0.300 e. The Hall–Kier alpha value is -1.11. The van der Waals surface area contributed by atoms with Gasteiger partial charge in [-0.3, -0.25) is 0 Å². The number of benzene rings is 1. The number of rotatable bonds is 2. The molecule has 0 aromatic heterocycles. The van der Waals surface area contributed by atoms with E-state index < -0.39 is 0 Å². The van der Waals surface area contributed by atoms with Crippen molar-refractivity contribution in [2.24, 2.45) is 5.92 Å². The summed E-state index contributed by atoms with van der Waals surface area (Å²) in [7, 11) is 0. The standard InChI is InChI=1S/C10H14.C3H6O/c1-9(2)8-10-6-4-3-5-7-10;1-3(2)4/h3-7,9H,8H2,1-2H3;1-2H3. The minimum Gasteiger partial charge on any atom is -0.300 e. The van der Waals surface area contributed by atoms with Crippen molar-refractivity contribution in [1.29, 1.82) is 0 Å². The van der Waals surface area contributed by atoms with Gasteiger partial charge in [0.1, 0.15) is 5.78 Å². The van der Waals surface area contributed by atoms with Crippen molar-refractivity contribution in [3.8, 4) is 0 Å². The van der Waals surface area contributed by atoms with Crippen LogP contribution in [0.5, 0.6) is 0 Å². The zero-order chi connectivity index (χ0) is 11.0. The van der Waals surface area contributed by atoms with Crippen molar-refractivity contribution in [2.45, 2.75) is 34.1 Å². The van der Waals surface area contributed by atoms with Crippen molar-refractivity contribution in [3.05, 3.63) is 35.9 Å². The van der Waals surface area contributed by atoms with Gasteiger partial charge in [0.25, 0.3) is 0 Å². The monoisotopic (exact) mass is 192 g/mol. The lowest BCUT2D eigenvalue weighted by molar-refractivity contribution is -0.114. The molecule has 0 aliphatic heterocycles. The van der Waals surface area contributed by atoms with Crippen molar-refractivity contribution < 1.29 is 4.79 Å². The van der Waals surface area contributed by atoms with Gasteiger partial charge in [0.15, 0.2) is 0 Å². The molecule has 1 aromatic rings. The van der Waals surface area contributed by atoms with Crippen LogP contribution in [0.15, 0.2) is 30.3 Å². The smallest absolute Gasteiger partial charge is 0.126 e. The van der Waals surface area contributed by atoms with Crippen molar-refractivity contribution in [3.63, 3.8) is 0 Å². The molecular weight excluding hydrogens is 172 g/mol. The topological polar surface area (TPSA) is 17.1 Å². The molecule has 1 nitrogen and oxygen atoms in total. The molecule has 0 radical (unpaired) electrons. The summed E-state index contributed by atoms with van der Waals surface area (Å²) in [6.45, 7) is 7.54. The molecule has 0 saturated heterocycles. The quantitative estimate of drug-likeness (QED) is 0.701. The fourth-order valence-electron chi connectivity index (χ4n) is 1.09. The second-order valence-electron chi connectivity index (χ2n) is 3.99. The molecule has 0 fully saturated rings. The third-order valence-corrected chi connectivity index (χ3v) is 1.49. The first-order valence-corrected chi connectivity index (χ1v) is 5.03. The predicted octanol–water partition coefficient (Wildman–Crippen LogP) is 3.48. The summed E-state index contributed by atoms with van der Waals surface area (Å²) in [5, 5.41) is 0. The van der Waals surface area contributed by atoms with E-state index in [-0.39, 0.29) is 5.78 Å². The Morgan fingerprint density at radius 2 is 1.57 bits per heavy atom. The highest BCUT2D eigenvalue weighted by molar-refractivity contribution is 5.72. The van der Waals surface area contributed by atoms with Crippen LogP contribution in [0.2, 0.25) is 0 Å². The molecule has 0 amide bonds. The fraction of sp³-hybridized carbons (Fsp3) is 0.462. The van der Waals surface area contributed by atoms with E-state index in [4.69, 9.17) is 0 Å². The summed E-state index contributed by atoms with van der Waals surface area (Å²) in [4.78, 5) is 9.44. The van der Waals surface area contributed by atoms with Gasteiger partial charge in [-0.05, 0) is 31.7 Å². The average molecular weight is 192 g/mol. The van der Waals surface area contributed by atoms with Crippen LogP contribution in [0, 0.1) is 5.92 Å². The summed E-state index contributed by atoms with van der Waals surface area (Å²) in [5.41, 5.74) is 1.44. The van der Waals surface area contributed by atoms with Crippen LogP contribution in [0.4, 0.5) is 0 Å². The van der Waals surface area contributed by atoms with E-state index in [1.54, 1.807) is 0 Å². The molecular formula is C13H20O. The van der Waals surface area contributed by atoms with E-state index in [2.05, 4.69) is 44.2 Å². The van der Waals surface area contributed by atoms with Crippen LogP contribution in [0.25, 0.3) is 0 Å². The van der Waals surface area contributed by atoms with Gasteiger partial charge < -0.3 is 4.79 Å². The number of carbonyl (C=O) groups is 1. The van der Waals surface area contributed by atoms with E-state index in [9.17, 15) is 4.79 Å². The minimum atomic E-state index is 0.167. The molecule has 0 saturated carbocycles. The Morgan fingerprint density at radius 3 is 1.93 bits per heavy atom. The molecule has 0 N–H and O–H groups in total. The van der Waals surface area contributed by atoms with Crippen LogP contribution >= 0.6 is 0 Å². The highest BCUT2D eigenvalue weighted by atomic mass is 16.1. The Morgan fingerprint density at radius 1 is 1.14 bits per heavy atom. The lowest BCUT2D eigenvalue weighted by Crippen LogP contribution is -1.92. The van der Waals surface area contributed by atoms with Crippen molar-refractivity contribution >= 4 is 5.78 Å². The number of hydrogen-bond acceptors (Lipinski definition) is 1. The van der Waals surface area contributed by atoms with Crippen LogP contribution in [-0.4, -0.2) is 5.78 Å². The van der Waals surface area contributed by atoms with E-state index >= 15 is 0 Å². The molecule has 14 heavy (non-hydrogen) atoms. The van der Waals surface area contributed by atoms with Gasteiger partial charge in [0, 0.05) is 0 Å². The van der Waals surface area contributed by atoms with Crippen LogP contribution in [0.3, 0.4) is 0 Å². The SMILES string of the molecule is CC(C)=O.CC(C)Cc1ccccc1. The maximum Gasteiger partial charge on any atom is 0.126 e. The Bertz CT molecular complexity index is 245. The molecule has 1 aromatic carbocycles. The molecule has 0 heterocycles. The van der Waals surface area contributed by atoms with Gasteiger partial charge in [-0.2, -0.15) is 0 Å². The minimum absolute atomic E-state index is 0.167. The Kier molecular flexibility index (Phi) is 6.73. The maximum absolute atomic E-state index is 9.44. The fourth-order valence-corrected chi connectivity index (χ4v) is 1.09. The number of hydrogen-bond donors (Lipinski definition) is 0. The van der Waals surface area contributed by atoms with Gasteiger partial charge in [-0.1, -0.05) is 44.2 Å². The summed E-state index contributed by atoms with van der Waals surface area (Å²) >= 11 is 0. The molecule has 0 aliphatic carbocycles. The second kappa shape index (κ2) is 7.31. The highest BCUT2D eigenvalue weighted by Crippen LogP contribution is 2.05. The number of Topliss-reactive ketones (excluding diaryl/α,β-unsaturated/α-hetero) is 1. The van der Waals surface area contributed by atoms with Gasteiger partial charge in [-0.15, -0.1) is 0 Å².